The maximum atomic E-state index is 14.3. The number of phenolic OH excluding ortho intramolecular Hbond substituents is 1. The summed E-state index contributed by atoms with van der Waals surface area (Å²) in [6.07, 6.45) is 0.328. The van der Waals surface area contributed by atoms with Crippen LogP contribution in [0.25, 0.3) is 10.9 Å². The Morgan fingerprint density at radius 1 is 1.07 bits per heavy atom. The smallest absolute Gasteiger partial charge is 0.270 e. The predicted molar refractivity (Wildman–Crippen MR) is 163 cm³/mol. The van der Waals surface area contributed by atoms with Crippen molar-refractivity contribution in [2.75, 3.05) is 20.2 Å². The molecule has 0 saturated carbocycles. The summed E-state index contributed by atoms with van der Waals surface area (Å²) in [7, 11) is 1.75. The molecule has 2 aromatic heterocycles. The number of H-pyrrole nitrogens is 1. The van der Waals surface area contributed by atoms with Gasteiger partial charge in [0.1, 0.15) is 17.3 Å². The zero-order chi connectivity index (χ0) is 29.9. The molecule has 43 heavy (non-hydrogen) atoms. The summed E-state index contributed by atoms with van der Waals surface area (Å²) < 4.78 is 19.6. The van der Waals surface area contributed by atoms with Gasteiger partial charge < -0.3 is 20.1 Å². The maximum absolute atomic E-state index is 14.3. The second-order valence-corrected chi connectivity index (χ2v) is 10.8. The van der Waals surface area contributed by atoms with Crippen LogP contribution in [0.15, 0.2) is 84.9 Å². The third kappa shape index (κ3) is 6.44. The molecule has 1 unspecified atom stereocenters. The van der Waals surface area contributed by atoms with Crippen LogP contribution in [0.3, 0.4) is 0 Å². The Labute approximate surface area is 249 Å². The number of rotatable bonds is 7. The molecule has 1 aliphatic rings. The number of benzene rings is 3. The van der Waals surface area contributed by atoms with Gasteiger partial charge in [-0.05, 0) is 72.5 Å². The normalized spacial score (nSPS) is 14.1. The fourth-order valence-electron chi connectivity index (χ4n) is 5.29. The van der Waals surface area contributed by atoms with E-state index in [1.807, 2.05) is 48.5 Å². The Morgan fingerprint density at radius 3 is 2.60 bits per heavy atom. The summed E-state index contributed by atoms with van der Waals surface area (Å²) in [5.74, 6) is 5.19. The molecular formula is C35H31FN4O3. The lowest BCUT2D eigenvalue weighted by molar-refractivity contribution is -0.0333. The van der Waals surface area contributed by atoms with E-state index in [1.165, 1.54) is 23.8 Å². The van der Waals surface area contributed by atoms with Gasteiger partial charge in [-0.25, -0.2) is 9.37 Å². The van der Waals surface area contributed by atoms with Crippen LogP contribution in [-0.4, -0.2) is 52.2 Å². The molecule has 3 N–H and O–H groups in total. The standard InChI is InChI=1S/C35H31FN4O3/c1-22-15-25(12-9-23-7-10-24(11-8-23)19-40-20-28(21-40)43-2)16-32(37-22)35(42)39-34(29-18-27(36)13-14-33(29)41)31-17-26-5-3-4-6-30(26)38-31/h3-8,10-11,13-18,28,34,38,41H,19-21H2,1-2H3,(H,39,42). The zero-order valence-corrected chi connectivity index (χ0v) is 23.9. The molecule has 8 heteroatoms. The Hall–Kier alpha value is -4.97. The highest BCUT2D eigenvalue weighted by Gasteiger charge is 2.26. The van der Waals surface area contributed by atoms with Gasteiger partial charge >= 0.3 is 0 Å². The number of likely N-dealkylation sites (tertiary alicyclic amines) is 1. The van der Waals surface area contributed by atoms with Crippen molar-refractivity contribution in [1.82, 2.24) is 20.2 Å². The number of pyridine rings is 1. The molecule has 3 aromatic carbocycles. The van der Waals surface area contributed by atoms with E-state index in [-0.39, 0.29) is 17.0 Å². The number of halogens is 1. The number of aromatic nitrogens is 2. The lowest BCUT2D eigenvalue weighted by atomic mass is 10.0. The molecule has 3 heterocycles. The summed E-state index contributed by atoms with van der Waals surface area (Å²) in [6, 6.07) is 23.9. The van der Waals surface area contributed by atoms with Crippen molar-refractivity contribution < 1.29 is 19.0 Å². The monoisotopic (exact) mass is 574 g/mol. The number of nitrogens with one attached hydrogen (secondary N) is 2. The lowest BCUT2D eigenvalue weighted by Gasteiger charge is -2.38. The van der Waals surface area contributed by atoms with Gasteiger partial charge in [0.25, 0.3) is 5.91 Å². The van der Waals surface area contributed by atoms with E-state index >= 15 is 0 Å². The topological polar surface area (TPSA) is 90.5 Å². The van der Waals surface area contributed by atoms with Crippen LogP contribution in [0.5, 0.6) is 5.75 Å². The number of methoxy groups -OCH3 is 1. The number of phenols is 1. The van der Waals surface area contributed by atoms with Crippen molar-refractivity contribution in [3.8, 4) is 17.6 Å². The summed E-state index contributed by atoms with van der Waals surface area (Å²) >= 11 is 0. The molecule has 1 fully saturated rings. The van der Waals surface area contributed by atoms with Gasteiger partial charge in [0.15, 0.2) is 0 Å². The van der Waals surface area contributed by atoms with Crippen LogP contribution in [0.2, 0.25) is 0 Å². The van der Waals surface area contributed by atoms with Gasteiger partial charge in [-0.1, -0.05) is 42.2 Å². The van der Waals surface area contributed by atoms with Gasteiger partial charge in [-0.3, -0.25) is 9.69 Å². The Kier molecular flexibility index (Phi) is 7.93. The van der Waals surface area contributed by atoms with Crippen LogP contribution in [0.1, 0.15) is 50.2 Å². The van der Waals surface area contributed by atoms with Gasteiger partial charge in [0.05, 0.1) is 12.1 Å². The summed E-state index contributed by atoms with van der Waals surface area (Å²) in [4.78, 5) is 23.6. The highest BCUT2D eigenvalue weighted by atomic mass is 19.1. The first-order valence-corrected chi connectivity index (χ1v) is 14.1. The quantitative estimate of drug-likeness (QED) is 0.225. The summed E-state index contributed by atoms with van der Waals surface area (Å²) in [6.45, 7) is 4.57. The molecule has 0 aliphatic carbocycles. The van der Waals surface area contributed by atoms with E-state index < -0.39 is 17.8 Å². The molecule has 1 atom stereocenters. The van der Waals surface area contributed by atoms with E-state index in [1.54, 1.807) is 20.1 Å². The Bertz CT molecular complexity index is 1820. The molecule has 1 aliphatic heterocycles. The van der Waals surface area contributed by atoms with Gasteiger partial charge in [-0.2, -0.15) is 0 Å². The Balaban J connectivity index is 1.23. The molecule has 0 spiro atoms. The molecule has 0 radical (unpaired) electrons. The average molecular weight is 575 g/mol. The third-order valence-corrected chi connectivity index (χ3v) is 7.59. The largest absolute Gasteiger partial charge is 0.508 e. The lowest BCUT2D eigenvalue weighted by Crippen LogP contribution is -2.50. The zero-order valence-electron chi connectivity index (χ0n) is 23.9. The Morgan fingerprint density at radius 2 is 1.84 bits per heavy atom. The van der Waals surface area contributed by atoms with Crippen molar-refractivity contribution in [3.05, 3.63) is 130 Å². The number of ether oxygens (including phenoxy) is 1. The maximum Gasteiger partial charge on any atom is 0.270 e. The van der Waals surface area contributed by atoms with Crippen LogP contribution < -0.4 is 5.32 Å². The molecule has 7 nitrogen and oxygen atoms in total. The van der Waals surface area contributed by atoms with Crippen molar-refractivity contribution in [3.63, 3.8) is 0 Å². The van der Waals surface area contributed by atoms with Crippen LogP contribution in [0.4, 0.5) is 4.39 Å². The van der Waals surface area contributed by atoms with Crippen LogP contribution in [-0.2, 0) is 11.3 Å². The van der Waals surface area contributed by atoms with Gasteiger partial charge in [0.2, 0.25) is 0 Å². The minimum Gasteiger partial charge on any atom is -0.508 e. The molecule has 5 aromatic rings. The number of amides is 1. The van der Waals surface area contributed by atoms with Gasteiger partial charge in [-0.15, -0.1) is 0 Å². The van der Waals surface area contributed by atoms with E-state index in [0.717, 1.165) is 36.1 Å². The second-order valence-electron chi connectivity index (χ2n) is 10.8. The number of nitrogens with zero attached hydrogens (tertiary/aromatic N) is 2. The van der Waals surface area contributed by atoms with E-state index in [9.17, 15) is 14.3 Å². The first kappa shape index (κ1) is 28.2. The average Bonchev–Trinajstić information content (AvgIpc) is 3.42. The highest BCUT2D eigenvalue weighted by molar-refractivity contribution is 5.93. The van der Waals surface area contributed by atoms with Crippen LogP contribution in [0, 0.1) is 24.6 Å². The van der Waals surface area contributed by atoms with Crippen molar-refractivity contribution in [1.29, 1.82) is 0 Å². The number of aryl methyl sites for hydroxylation is 1. The molecule has 6 rings (SSSR count). The van der Waals surface area contributed by atoms with Crippen molar-refractivity contribution in [2.45, 2.75) is 25.6 Å². The molecular weight excluding hydrogens is 543 g/mol. The number of carbonyl (C=O) groups is 1. The predicted octanol–water partition coefficient (Wildman–Crippen LogP) is 5.47. The molecule has 216 valence electrons. The SMILES string of the molecule is COC1CN(Cc2ccc(C#Cc3cc(C)nc(C(=O)NC(c4cc5ccccc5[nH]4)c4cc(F)ccc4O)c3)cc2)C1. The first-order chi connectivity index (χ1) is 20.8. The minimum absolute atomic E-state index is 0.135. The number of hydrogen-bond donors (Lipinski definition) is 3. The number of aromatic amines is 1. The van der Waals surface area contributed by atoms with E-state index in [2.05, 4.69) is 44.2 Å². The number of carbonyl (C=O) groups excluding carboxylic acids is 1. The van der Waals surface area contributed by atoms with Crippen molar-refractivity contribution in [2.24, 2.45) is 0 Å². The van der Waals surface area contributed by atoms with Crippen molar-refractivity contribution >= 4 is 16.8 Å². The second kappa shape index (κ2) is 12.1. The van der Waals surface area contributed by atoms with E-state index in [4.69, 9.17) is 4.74 Å². The first-order valence-electron chi connectivity index (χ1n) is 14.1. The molecule has 1 saturated heterocycles. The summed E-state index contributed by atoms with van der Waals surface area (Å²) in [5, 5.41) is 14.5. The molecule has 0 bridgehead atoms. The summed E-state index contributed by atoms with van der Waals surface area (Å²) in [5.41, 5.74) is 5.20. The highest BCUT2D eigenvalue weighted by Crippen LogP contribution is 2.32. The van der Waals surface area contributed by atoms with Crippen LogP contribution >= 0.6 is 0 Å². The van der Waals surface area contributed by atoms with E-state index in [0.29, 0.717) is 23.1 Å². The fourth-order valence-corrected chi connectivity index (χ4v) is 5.29. The fraction of sp³-hybridized carbons (Fsp3) is 0.200. The number of fused-ring (bicyclic) bond motifs is 1. The van der Waals surface area contributed by atoms with Gasteiger partial charge in [0, 0.05) is 60.3 Å². The molecule has 1 amide bonds. The number of hydrogen-bond acceptors (Lipinski definition) is 5. The minimum atomic E-state index is -0.859. The third-order valence-electron chi connectivity index (χ3n) is 7.59. The number of para-hydroxylation sites is 1. The number of aromatic hydroxyl groups is 1.